The van der Waals surface area contributed by atoms with Crippen LogP contribution >= 0.6 is 11.6 Å². The van der Waals surface area contributed by atoms with Gasteiger partial charge in [-0.3, -0.25) is 0 Å². The number of piperidine rings is 1. The van der Waals surface area contributed by atoms with Crippen LogP contribution in [0.4, 0.5) is 5.82 Å². The number of pyridine rings is 1. The van der Waals surface area contributed by atoms with E-state index in [1.54, 1.807) is 0 Å². The van der Waals surface area contributed by atoms with Crippen molar-refractivity contribution in [3.8, 4) is 0 Å². The first-order chi connectivity index (χ1) is 9.61. The predicted molar refractivity (Wildman–Crippen MR) is 86.5 cm³/mol. The summed E-state index contributed by atoms with van der Waals surface area (Å²) in [7, 11) is 0. The van der Waals surface area contributed by atoms with E-state index in [2.05, 4.69) is 43.0 Å². The van der Waals surface area contributed by atoms with Crippen LogP contribution in [-0.2, 0) is 5.88 Å². The molecule has 1 aromatic heterocycles. The molecule has 20 heavy (non-hydrogen) atoms. The highest BCUT2D eigenvalue weighted by Gasteiger charge is 2.27. The number of fused-ring (bicyclic) bond motifs is 1. The van der Waals surface area contributed by atoms with E-state index in [0.717, 1.165) is 24.5 Å². The Morgan fingerprint density at radius 1 is 1.25 bits per heavy atom. The van der Waals surface area contributed by atoms with Gasteiger partial charge in [0.2, 0.25) is 0 Å². The molecule has 1 aromatic carbocycles. The molecule has 1 aliphatic heterocycles. The molecule has 0 atom stereocenters. The van der Waals surface area contributed by atoms with Gasteiger partial charge >= 0.3 is 0 Å². The zero-order valence-corrected chi connectivity index (χ0v) is 13.0. The number of aromatic nitrogens is 1. The number of hydrogen-bond acceptors (Lipinski definition) is 2. The third-order valence-corrected chi connectivity index (χ3v) is 4.49. The number of anilines is 1. The quantitative estimate of drug-likeness (QED) is 0.751. The summed E-state index contributed by atoms with van der Waals surface area (Å²) in [5.41, 5.74) is 1.48. The van der Waals surface area contributed by atoms with Crippen molar-refractivity contribution in [1.82, 2.24) is 4.98 Å². The molecule has 0 N–H and O–H groups in total. The Morgan fingerprint density at radius 2 is 2.00 bits per heavy atom. The molecule has 2 aromatic rings. The highest BCUT2D eigenvalue weighted by molar-refractivity contribution is 6.18. The minimum atomic E-state index is 0.367. The topological polar surface area (TPSA) is 16.1 Å². The molecular formula is C17H21ClN2. The first kappa shape index (κ1) is 13.7. The van der Waals surface area contributed by atoms with E-state index in [1.807, 2.05) is 6.20 Å². The van der Waals surface area contributed by atoms with E-state index in [0.29, 0.717) is 11.3 Å². The number of alkyl halides is 1. The zero-order valence-electron chi connectivity index (χ0n) is 12.2. The molecule has 0 radical (unpaired) electrons. The summed E-state index contributed by atoms with van der Waals surface area (Å²) < 4.78 is 0. The second kappa shape index (κ2) is 5.25. The lowest BCUT2D eigenvalue weighted by Crippen LogP contribution is -2.40. The van der Waals surface area contributed by atoms with Gasteiger partial charge in [0.15, 0.2) is 0 Å². The Balaban J connectivity index is 2.08. The lowest BCUT2D eigenvalue weighted by atomic mass is 9.84. The van der Waals surface area contributed by atoms with Gasteiger partial charge in [-0.05, 0) is 29.2 Å². The standard InChI is InChI=1S/C17H21ClN2/c1-17(2)8-5-9-20(12-17)16-15-7-4-3-6-14(15)13(10-18)11-19-16/h3-4,6-7,11H,5,8-10,12H2,1-2H3. The minimum Gasteiger partial charge on any atom is -0.356 e. The van der Waals surface area contributed by atoms with Crippen molar-refractivity contribution in [3.63, 3.8) is 0 Å². The number of hydrogen-bond donors (Lipinski definition) is 0. The Morgan fingerprint density at radius 3 is 2.70 bits per heavy atom. The molecule has 2 heterocycles. The maximum absolute atomic E-state index is 6.04. The molecule has 0 aliphatic carbocycles. The molecule has 0 spiro atoms. The molecule has 106 valence electrons. The largest absolute Gasteiger partial charge is 0.356 e. The Bertz CT molecular complexity index is 621. The smallest absolute Gasteiger partial charge is 0.136 e. The van der Waals surface area contributed by atoms with Gasteiger partial charge in [-0.15, -0.1) is 11.6 Å². The second-order valence-electron chi connectivity index (χ2n) is 6.48. The molecule has 0 bridgehead atoms. The fourth-order valence-electron chi connectivity index (χ4n) is 3.20. The molecule has 3 rings (SSSR count). The number of halogens is 1. The molecule has 0 amide bonds. The van der Waals surface area contributed by atoms with Crippen molar-refractivity contribution < 1.29 is 0 Å². The maximum atomic E-state index is 6.04. The first-order valence-corrected chi connectivity index (χ1v) is 7.82. The third kappa shape index (κ3) is 2.49. The van der Waals surface area contributed by atoms with Crippen LogP contribution in [0, 0.1) is 5.41 Å². The van der Waals surface area contributed by atoms with Crippen LogP contribution in [-0.4, -0.2) is 18.1 Å². The van der Waals surface area contributed by atoms with Crippen molar-refractivity contribution >= 4 is 28.2 Å². The third-order valence-electron chi connectivity index (χ3n) is 4.20. The van der Waals surface area contributed by atoms with Crippen molar-refractivity contribution in [1.29, 1.82) is 0 Å². The highest BCUT2D eigenvalue weighted by Crippen LogP contribution is 2.34. The van der Waals surface area contributed by atoms with Crippen LogP contribution in [0.25, 0.3) is 10.8 Å². The van der Waals surface area contributed by atoms with E-state index >= 15 is 0 Å². The van der Waals surface area contributed by atoms with Gasteiger partial charge in [0, 0.05) is 30.6 Å². The van der Waals surface area contributed by atoms with Crippen LogP contribution in [0.5, 0.6) is 0 Å². The van der Waals surface area contributed by atoms with Crippen molar-refractivity contribution in [2.45, 2.75) is 32.6 Å². The number of benzene rings is 1. The summed E-state index contributed by atoms with van der Waals surface area (Å²) in [6, 6.07) is 8.46. The first-order valence-electron chi connectivity index (χ1n) is 7.28. The summed E-state index contributed by atoms with van der Waals surface area (Å²) in [6.45, 7) is 6.85. The van der Waals surface area contributed by atoms with Crippen molar-refractivity contribution in [3.05, 3.63) is 36.0 Å². The second-order valence-corrected chi connectivity index (χ2v) is 6.74. The fourth-order valence-corrected chi connectivity index (χ4v) is 3.41. The van der Waals surface area contributed by atoms with Crippen LogP contribution in [0.2, 0.25) is 0 Å². The molecule has 0 saturated carbocycles. The summed E-state index contributed by atoms with van der Waals surface area (Å²) in [6.07, 6.45) is 4.47. The summed E-state index contributed by atoms with van der Waals surface area (Å²) >= 11 is 6.04. The molecule has 1 fully saturated rings. The zero-order chi connectivity index (χ0) is 14.2. The van der Waals surface area contributed by atoms with Crippen molar-refractivity contribution in [2.75, 3.05) is 18.0 Å². The lowest BCUT2D eigenvalue weighted by Gasteiger charge is -2.39. The van der Waals surface area contributed by atoms with Gasteiger partial charge in [0.25, 0.3) is 0 Å². The molecule has 1 aliphatic rings. The maximum Gasteiger partial charge on any atom is 0.136 e. The summed E-state index contributed by atoms with van der Waals surface area (Å²) in [4.78, 5) is 7.14. The van der Waals surface area contributed by atoms with E-state index in [1.165, 1.54) is 23.6 Å². The Hall–Kier alpha value is -1.28. The Labute approximate surface area is 125 Å². The van der Waals surface area contributed by atoms with Crippen LogP contribution < -0.4 is 4.90 Å². The van der Waals surface area contributed by atoms with E-state index < -0.39 is 0 Å². The van der Waals surface area contributed by atoms with Gasteiger partial charge in [-0.2, -0.15) is 0 Å². The predicted octanol–water partition coefficient (Wildman–Crippen LogP) is 4.60. The number of nitrogens with zero attached hydrogens (tertiary/aromatic N) is 2. The van der Waals surface area contributed by atoms with Gasteiger partial charge in [-0.25, -0.2) is 4.98 Å². The molecule has 1 saturated heterocycles. The molecular weight excluding hydrogens is 268 g/mol. The summed E-state index contributed by atoms with van der Waals surface area (Å²) in [5.74, 6) is 1.63. The van der Waals surface area contributed by atoms with Crippen LogP contribution in [0.1, 0.15) is 32.3 Å². The normalized spacial score (nSPS) is 18.4. The SMILES string of the molecule is CC1(C)CCCN(c2ncc(CCl)c3ccccc23)C1. The van der Waals surface area contributed by atoms with E-state index in [-0.39, 0.29) is 0 Å². The van der Waals surface area contributed by atoms with Crippen LogP contribution in [0.3, 0.4) is 0 Å². The lowest BCUT2D eigenvalue weighted by molar-refractivity contribution is 0.292. The van der Waals surface area contributed by atoms with E-state index in [4.69, 9.17) is 16.6 Å². The van der Waals surface area contributed by atoms with Crippen LogP contribution in [0.15, 0.2) is 30.5 Å². The minimum absolute atomic E-state index is 0.367. The van der Waals surface area contributed by atoms with Gasteiger partial charge in [-0.1, -0.05) is 38.1 Å². The number of rotatable bonds is 2. The van der Waals surface area contributed by atoms with Crippen molar-refractivity contribution in [2.24, 2.45) is 5.41 Å². The summed E-state index contributed by atoms with van der Waals surface area (Å²) in [5, 5.41) is 2.46. The highest BCUT2D eigenvalue weighted by atomic mass is 35.5. The monoisotopic (exact) mass is 288 g/mol. The van der Waals surface area contributed by atoms with Gasteiger partial charge in [0.1, 0.15) is 5.82 Å². The Kier molecular flexibility index (Phi) is 3.59. The molecule has 3 heteroatoms. The fraction of sp³-hybridized carbons (Fsp3) is 0.471. The average Bonchev–Trinajstić information content (AvgIpc) is 2.45. The van der Waals surface area contributed by atoms with Gasteiger partial charge < -0.3 is 4.90 Å². The molecule has 2 nitrogen and oxygen atoms in total. The van der Waals surface area contributed by atoms with E-state index in [9.17, 15) is 0 Å². The average molecular weight is 289 g/mol. The van der Waals surface area contributed by atoms with Gasteiger partial charge in [0.05, 0.1) is 0 Å². The molecule has 0 unspecified atom stereocenters.